The van der Waals surface area contributed by atoms with Crippen molar-refractivity contribution in [2.45, 2.75) is 29.4 Å². The molecule has 1 fully saturated rings. The summed E-state index contributed by atoms with van der Waals surface area (Å²) >= 11 is 1.45. The number of sulfone groups is 1. The molecule has 4 rings (SSSR count). The maximum atomic E-state index is 12.4. The SMILES string of the molecule is O=C(Nc1nnc(-c2cccs2)o1)c1ccc(S(=O)(=O)C2CCC2)cc1. The second kappa shape index (κ2) is 6.65. The second-order valence-corrected chi connectivity index (χ2v) is 9.14. The van der Waals surface area contributed by atoms with Crippen LogP contribution in [0.25, 0.3) is 10.8 Å². The number of nitrogens with one attached hydrogen (secondary N) is 1. The molecule has 2 heterocycles. The van der Waals surface area contributed by atoms with Gasteiger partial charge < -0.3 is 4.42 Å². The molecule has 0 bridgehead atoms. The Balaban J connectivity index is 1.47. The smallest absolute Gasteiger partial charge is 0.322 e. The third-order valence-corrected chi connectivity index (χ3v) is 7.45. The molecule has 0 spiro atoms. The molecule has 9 heteroatoms. The highest BCUT2D eigenvalue weighted by Gasteiger charge is 2.32. The van der Waals surface area contributed by atoms with Crippen molar-refractivity contribution in [2.24, 2.45) is 0 Å². The molecule has 0 radical (unpaired) electrons. The third kappa shape index (κ3) is 3.15. The largest absolute Gasteiger partial charge is 0.402 e. The van der Waals surface area contributed by atoms with E-state index < -0.39 is 15.7 Å². The highest BCUT2D eigenvalue weighted by atomic mass is 32.2. The van der Waals surface area contributed by atoms with Gasteiger partial charge in [0.25, 0.3) is 11.8 Å². The Hall–Kier alpha value is -2.52. The van der Waals surface area contributed by atoms with E-state index in [1.54, 1.807) is 0 Å². The van der Waals surface area contributed by atoms with Crippen molar-refractivity contribution in [1.82, 2.24) is 10.2 Å². The molecule has 0 unspecified atom stereocenters. The first-order valence-electron chi connectivity index (χ1n) is 8.07. The number of rotatable bonds is 5. The predicted octanol–water partition coefficient (Wildman–Crippen LogP) is 3.38. The molecule has 1 saturated carbocycles. The Kier molecular flexibility index (Phi) is 4.33. The highest BCUT2D eigenvalue weighted by molar-refractivity contribution is 7.92. The topological polar surface area (TPSA) is 102 Å². The molecule has 0 saturated heterocycles. The van der Waals surface area contributed by atoms with Crippen LogP contribution in [-0.2, 0) is 9.84 Å². The zero-order chi connectivity index (χ0) is 18.1. The van der Waals surface area contributed by atoms with Crippen molar-refractivity contribution < 1.29 is 17.6 Å². The number of thiophene rings is 1. The lowest BCUT2D eigenvalue weighted by atomic mass is 10.00. The molecule has 1 amide bonds. The van der Waals surface area contributed by atoms with Gasteiger partial charge in [0.2, 0.25) is 0 Å². The summed E-state index contributed by atoms with van der Waals surface area (Å²) in [6.45, 7) is 0. The van der Waals surface area contributed by atoms with Crippen LogP contribution >= 0.6 is 11.3 Å². The number of carbonyl (C=O) groups is 1. The number of nitrogens with zero attached hydrogens (tertiary/aromatic N) is 2. The summed E-state index contributed by atoms with van der Waals surface area (Å²) in [5, 5.41) is 11.8. The van der Waals surface area contributed by atoms with Crippen molar-refractivity contribution >= 4 is 33.1 Å². The average molecular weight is 389 g/mol. The van der Waals surface area contributed by atoms with Gasteiger partial charge in [0, 0.05) is 5.56 Å². The van der Waals surface area contributed by atoms with E-state index in [0.717, 1.165) is 11.3 Å². The number of hydrogen-bond donors (Lipinski definition) is 1. The minimum atomic E-state index is -3.30. The monoisotopic (exact) mass is 389 g/mol. The van der Waals surface area contributed by atoms with Gasteiger partial charge in [-0.05, 0) is 48.6 Å². The van der Waals surface area contributed by atoms with Crippen molar-refractivity contribution in [2.75, 3.05) is 5.32 Å². The summed E-state index contributed by atoms with van der Waals surface area (Å²) in [7, 11) is -3.30. The van der Waals surface area contributed by atoms with Gasteiger partial charge in [-0.25, -0.2) is 8.42 Å². The van der Waals surface area contributed by atoms with Gasteiger partial charge >= 0.3 is 6.01 Å². The summed E-state index contributed by atoms with van der Waals surface area (Å²) in [5.41, 5.74) is 0.313. The van der Waals surface area contributed by atoms with Crippen LogP contribution in [0.3, 0.4) is 0 Å². The number of anilines is 1. The van der Waals surface area contributed by atoms with Gasteiger partial charge in [-0.2, -0.15) is 0 Å². The maximum Gasteiger partial charge on any atom is 0.322 e. The van der Waals surface area contributed by atoms with E-state index in [9.17, 15) is 13.2 Å². The molecule has 1 N–H and O–H groups in total. The van der Waals surface area contributed by atoms with E-state index in [4.69, 9.17) is 4.42 Å². The summed E-state index contributed by atoms with van der Waals surface area (Å²) in [6, 6.07) is 9.59. The van der Waals surface area contributed by atoms with Crippen molar-refractivity contribution in [3.8, 4) is 10.8 Å². The summed E-state index contributed by atoms with van der Waals surface area (Å²) in [6.07, 6.45) is 2.35. The number of aromatic nitrogens is 2. The van der Waals surface area contributed by atoms with E-state index in [0.29, 0.717) is 24.3 Å². The lowest BCUT2D eigenvalue weighted by Crippen LogP contribution is -2.28. The summed E-state index contributed by atoms with van der Waals surface area (Å²) < 4.78 is 30.2. The third-order valence-electron chi connectivity index (χ3n) is 4.31. The minimum absolute atomic E-state index is 0.00966. The van der Waals surface area contributed by atoms with E-state index in [1.165, 1.54) is 35.6 Å². The van der Waals surface area contributed by atoms with E-state index >= 15 is 0 Å². The van der Waals surface area contributed by atoms with Crippen LogP contribution in [-0.4, -0.2) is 29.8 Å². The first kappa shape index (κ1) is 16.9. The number of benzene rings is 1. The summed E-state index contributed by atoms with van der Waals surface area (Å²) in [4.78, 5) is 13.3. The molecule has 0 atom stereocenters. The molecular weight excluding hydrogens is 374 g/mol. The van der Waals surface area contributed by atoms with E-state index in [-0.39, 0.29) is 16.2 Å². The molecule has 1 aliphatic carbocycles. The normalized spacial score (nSPS) is 14.8. The van der Waals surface area contributed by atoms with Crippen LogP contribution in [0.15, 0.2) is 51.1 Å². The number of amides is 1. The molecule has 134 valence electrons. The zero-order valence-electron chi connectivity index (χ0n) is 13.6. The molecule has 7 nitrogen and oxygen atoms in total. The Morgan fingerprint density at radius 2 is 1.92 bits per heavy atom. The Morgan fingerprint density at radius 1 is 1.15 bits per heavy atom. The van der Waals surface area contributed by atoms with Gasteiger partial charge in [-0.1, -0.05) is 17.6 Å². The first-order chi connectivity index (χ1) is 12.5. The Bertz CT molecular complexity index is 1020. The fraction of sp³-hybridized carbons (Fsp3) is 0.235. The van der Waals surface area contributed by atoms with Gasteiger partial charge in [0.1, 0.15) is 0 Å². The van der Waals surface area contributed by atoms with Gasteiger partial charge in [-0.15, -0.1) is 16.4 Å². The van der Waals surface area contributed by atoms with Crippen molar-refractivity contribution in [3.05, 3.63) is 47.3 Å². The maximum absolute atomic E-state index is 12.4. The van der Waals surface area contributed by atoms with Crippen LogP contribution in [0, 0.1) is 0 Å². The van der Waals surface area contributed by atoms with Crippen LogP contribution in [0.5, 0.6) is 0 Å². The highest BCUT2D eigenvalue weighted by Crippen LogP contribution is 2.31. The zero-order valence-corrected chi connectivity index (χ0v) is 15.2. The van der Waals surface area contributed by atoms with Gasteiger partial charge in [0.05, 0.1) is 15.0 Å². The molecule has 2 aromatic heterocycles. The molecule has 0 aliphatic heterocycles. The van der Waals surface area contributed by atoms with Crippen molar-refractivity contribution in [1.29, 1.82) is 0 Å². The average Bonchev–Trinajstić information content (AvgIpc) is 3.24. The first-order valence-corrected chi connectivity index (χ1v) is 10.5. The van der Waals surface area contributed by atoms with Crippen LogP contribution < -0.4 is 5.32 Å². The Labute approximate surface area is 154 Å². The van der Waals surface area contributed by atoms with E-state index in [2.05, 4.69) is 15.5 Å². The van der Waals surface area contributed by atoms with Crippen molar-refractivity contribution in [3.63, 3.8) is 0 Å². The molecule has 3 aromatic rings. The lowest BCUT2D eigenvalue weighted by Gasteiger charge is -2.25. The van der Waals surface area contributed by atoms with Crippen LogP contribution in [0.2, 0.25) is 0 Å². The molecular formula is C17H15N3O4S2. The second-order valence-electron chi connectivity index (χ2n) is 5.97. The van der Waals surface area contributed by atoms with Crippen LogP contribution in [0.1, 0.15) is 29.6 Å². The Morgan fingerprint density at radius 3 is 2.54 bits per heavy atom. The standard InChI is InChI=1S/C17H15N3O4S2/c21-15(18-17-20-19-16(24-17)14-5-2-10-25-14)11-6-8-13(9-7-11)26(22,23)12-3-1-4-12/h2,5-10,12H,1,3-4H2,(H,18,20,21). The fourth-order valence-electron chi connectivity index (χ4n) is 2.61. The predicted molar refractivity (Wildman–Crippen MR) is 96.8 cm³/mol. The fourth-order valence-corrected chi connectivity index (χ4v) is 5.11. The quantitative estimate of drug-likeness (QED) is 0.718. The molecule has 1 aromatic carbocycles. The molecule has 1 aliphatic rings. The van der Waals surface area contributed by atoms with E-state index in [1.807, 2.05) is 17.5 Å². The molecule has 26 heavy (non-hydrogen) atoms. The van der Waals surface area contributed by atoms with Gasteiger partial charge in [0.15, 0.2) is 9.84 Å². The lowest BCUT2D eigenvalue weighted by molar-refractivity contribution is 0.102. The van der Waals surface area contributed by atoms with Gasteiger partial charge in [-0.3, -0.25) is 10.1 Å². The number of carbonyl (C=O) groups excluding carboxylic acids is 1. The van der Waals surface area contributed by atoms with Crippen LogP contribution in [0.4, 0.5) is 6.01 Å². The summed E-state index contributed by atoms with van der Waals surface area (Å²) in [5.74, 6) is -0.115. The minimum Gasteiger partial charge on any atom is -0.402 e. The number of hydrogen-bond acceptors (Lipinski definition) is 7.